The Kier molecular flexibility index (Phi) is 2.73. The molecule has 3 heterocycles. The number of hydrogen-bond acceptors (Lipinski definition) is 2. The monoisotopic (exact) mass is 208 g/mol. The average molecular weight is 208 g/mol. The Balaban J connectivity index is 1.77. The Morgan fingerprint density at radius 1 is 1.07 bits per heavy atom. The predicted octanol–water partition coefficient (Wildman–Crippen LogP) is 2.45. The van der Waals surface area contributed by atoms with Crippen molar-refractivity contribution in [3.05, 3.63) is 0 Å². The maximum Gasteiger partial charge on any atom is 0.0627 e. The fraction of sp³-hybridized carbons (Fsp3) is 1.00. The van der Waals surface area contributed by atoms with Crippen LogP contribution in [0.4, 0.5) is 0 Å². The van der Waals surface area contributed by atoms with Gasteiger partial charge in [-0.2, -0.15) is 0 Å². The largest absolute Gasteiger partial charge is 0.285 e. The van der Waals surface area contributed by atoms with Crippen LogP contribution in [0.15, 0.2) is 0 Å². The molecule has 15 heavy (non-hydrogen) atoms. The summed E-state index contributed by atoms with van der Waals surface area (Å²) in [4.78, 5) is 5.64. The van der Waals surface area contributed by atoms with Gasteiger partial charge in [0, 0.05) is 18.6 Å². The predicted molar refractivity (Wildman–Crippen MR) is 62.8 cm³/mol. The first-order chi connectivity index (χ1) is 7.40. The van der Waals surface area contributed by atoms with Crippen LogP contribution in [-0.2, 0) is 0 Å². The van der Waals surface area contributed by atoms with Gasteiger partial charge >= 0.3 is 0 Å². The minimum atomic E-state index is 0.836. The van der Waals surface area contributed by atoms with Gasteiger partial charge in [-0.25, -0.2) is 0 Å². The summed E-state index contributed by atoms with van der Waals surface area (Å²) in [6.07, 6.45) is 10.9. The van der Waals surface area contributed by atoms with Gasteiger partial charge in [0.2, 0.25) is 0 Å². The van der Waals surface area contributed by atoms with Crippen molar-refractivity contribution in [2.45, 2.75) is 70.1 Å². The molecule has 86 valence electrons. The highest BCUT2D eigenvalue weighted by Gasteiger charge is 2.44. The lowest BCUT2D eigenvalue weighted by atomic mass is 9.96. The van der Waals surface area contributed by atoms with Crippen LogP contribution in [0, 0.1) is 0 Å². The number of nitrogens with zero attached hydrogens (tertiary/aromatic N) is 2. The fourth-order valence-electron chi connectivity index (χ4n) is 4.12. The van der Waals surface area contributed by atoms with Gasteiger partial charge in [-0.1, -0.05) is 13.3 Å². The first-order valence-electron chi connectivity index (χ1n) is 6.91. The van der Waals surface area contributed by atoms with E-state index in [4.69, 9.17) is 0 Å². The van der Waals surface area contributed by atoms with Crippen LogP contribution in [0.1, 0.15) is 51.9 Å². The highest BCUT2D eigenvalue weighted by atomic mass is 15.4. The van der Waals surface area contributed by atoms with E-state index in [1.807, 2.05) is 0 Å². The molecular formula is C13H24N2. The minimum absolute atomic E-state index is 0.836. The van der Waals surface area contributed by atoms with Crippen molar-refractivity contribution < 1.29 is 0 Å². The quantitative estimate of drug-likeness (QED) is 0.688. The molecule has 3 saturated heterocycles. The SMILES string of the molecule is CCC[C@H]1C[C@H]2CCCN2[C@@H]2CCCN12. The molecule has 3 atom stereocenters. The summed E-state index contributed by atoms with van der Waals surface area (Å²) in [5.74, 6) is 0. The van der Waals surface area contributed by atoms with E-state index in [0.29, 0.717) is 0 Å². The Hall–Kier alpha value is -0.0800. The third-order valence-corrected chi connectivity index (χ3v) is 4.70. The molecule has 3 aliphatic rings. The zero-order valence-corrected chi connectivity index (χ0v) is 9.99. The van der Waals surface area contributed by atoms with E-state index in [2.05, 4.69) is 16.7 Å². The molecule has 0 N–H and O–H groups in total. The first kappa shape index (κ1) is 10.1. The molecule has 0 bridgehead atoms. The normalized spacial score (nSPS) is 41.8. The summed E-state index contributed by atoms with van der Waals surface area (Å²) in [5.41, 5.74) is 0. The van der Waals surface area contributed by atoms with E-state index in [-0.39, 0.29) is 0 Å². The number of hydrogen-bond donors (Lipinski definition) is 0. The standard InChI is InChI=1S/C13H24N2/c1-2-5-11-10-12-6-3-8-15(12)13-7-4-9-14(11)13/h11-13H,2-10H2,1H3/t11-,12+,13+/m0/s1. The van der Waals surface area contributed by atoms with Crippen LogP contribution in [0.25, 0.3) is 0 Å². The first-order valence-corrected chi connectivity index (χ1v) is 6.91. The topological polar surface area (TPSA) is 6.48 Å². The van der Waals surface area contributed by atoms with Crippen LogP contribution in [0.3, 0.4) is 0 Å². The lowest BCUT2D eigenvalue weighted by Crippen LogP contribution is -2.57. The molecule has 3 rings (SSSR count). The van der Waals surface area contributed by atoms with Crippen molar-refractivity contribution in [2.75, 3.05) is 13.1 Å². The molecule has 0 amide bonds. The van der Waals surface area contributed by atoms with Gasteiger partial charge in [-0.3, -0.25) is 9.80 Å². The van der Waals surface area contributed by atoms with Gasteiger partial charge in [-0.15, -0.1) is 0 Å². The highest BCUT2D eigenvalue weighted by molar-refractivity contribution is 4.97. The zero-order valence-electron chi connectivity index (χ0n) is 9.99. The van der Waals surface area contributed by atoms with Gasteiger partial charge in [0.1, 0.15) is 0 Å². The summed E-state index contributed by atoms with van der Waals surface area (Å²) < 4.78 is 0. The second kappa shape index (κ2) is 4.06. The Labute approximate surface area is 93.6 Å². The molecule has 0 unspecified atom stereocenters. The van der Waals surface area contributed by atoms with Gasteiger partial charge in [-0.05, 0) is 45.1 Å². The average Bonchev–Trinajstić information content (AvgIpc) is 2.84. The third-order valence-electron chi connectivity index (χ3n) is 4.70. The molecule has 2 heteroatoms. The second-order valence-corrected chi connectivity index (χ2v) is 5.57. The van der Waals surface area contributed by atoms with Crippen LogP contribution >= 0.6 is 0 Å². The van der Waals surface area contributed by atoms with Gasteiger partial charge in [0.15, 0.2) is 0 Å². The van der Waals surface area contributed by atoms with E-state index < -0.39 is 0 Å². The molecule has 0 aromatic carbocycles. The smallest absolute Gasteiger partial charge is 0.0627 e. The lowest BCUT2D eigenvalue weighted by Gasteiger charge is -2.47. The highest BCUT2D eigenvalue weighted by Crippen LogP contribution is 2.38. The maximum atomic E-state index is 2.82. The summed E-state index contributed by atoms with van der Waals surface area (Å²) in [6.45, 7) is 5.09. The van der Waals surface area contributed by atoms with Gasteiger partial charge < -0.3 is 0 Å². The molecular weight excluding hydrogens is 184 g/mol. The lowest BCUT2D eigenvalue weighted by molar-refractivity contribution is -0.0251. The molecule has 0 spiro atoms. The van der Waals surface area contributed by atoms with E-state index in [1.165, 1.54) is 58.0 Å². The van der Waals surface area contributed by atoms with E-state index in [9.17, 15) is 0 Å². The second-order valence-electron chi connectivity index (χ2n) is 5.57. The minimum Gasteiger partial charge on any atom is -0.285 e. The molecule has 0 aliphatic carbocycles. The van der Waals surface area contributed by atoms with E-state index in [1.54, 1.807) is 0 Å². The Morgan fingerprint density at radius 2 is 1.87 bits per heavy atom. The molecule has 0 aromatic heterocycles. The van der Waals surface area contributed by atoms with Gasteiger partial charge in [0.05, 0.1) is 6.17 Å². The summed E-state index contributed by atoms with van der Waals surface area (Å²) in [7, 11) is 0. The maximum absolute atomic E-state index is 2.82. The van der Waals surface area contributed by atoms with Crippen molar-refractivity contribution in [1.29, 1.82) is 0 Å². The van der Waals surface area contributed by atoms with Crippen molar-refractivity contribution >= 4 is 0 Å². The van der Waals surface area contributed by atoms with Crippen molar-refractivity contribution in [2.24, 2.45) is 0 Å². The van der Waals surface area contributed by atoms with Crippen LogP contribution < -0.4 is 0 Å². The fourth-order valence-corrected chi connectivity index (χ4v) is 4.12. The molecule has 0 radical (unpaired) electrons. The molecule has 0 saturated carbocycles. The van der Waals surface area contributed by atoms with Crippen molar-refractivity contribution in [3.63, 3.8) is 0 Å². The van der Waals surface area contributed by atoms with E-state index >= 15 is 0 Å². The van der Waals surface area contributed by atoms with E-state index in [0.717, 1.165) is 18.2 Å². The number of fused-ring (bicyclic) bond motifs is 3. The Bertz CT molecular complexity index is 229. The van der Waals surface area contributed by atoms with Crippen molar-refractivity contribution in [3.8, 4) is 0 Å². The van der Waals surface area contributed by atoms with Crippen LogP contribution in [-0.4, -0.2) is 41.1 Å². The molecule has 3 fully saturated rings. The van der Waals surface area contributed by atoms with Crippen molar-refractivity contribution in [1.82, 2.24) is 9.80 Å². The Morgan fingerprint density at radius 3 is 2.73 bits per heavy atom. The molecule has 0 aromatic rings. The third kappa shape index (κ3) is 1.62. The summed E-state index contributed by atoms with van der Waals surface area (Å²) >= 11 is 0. The molecule has 2 nitrogen and oxygen atoms in total. The summed E-state index contributed by atoms with van der Waals surface area (Å²) in [5, 5.41) is 0. The van der Waals surface area contributed by atoms with Gasteiger partial charge in [0.25, 0.3) is 0 Å². The van der Waals surface area contributed by atoms with Crippen LogP contribution in [0.5, 0.6) is 0 Å². The summed E-state index contributed by atoms with van der Waals surface area (Å²) in [6, 6.07) is 1.86. The van der Waals surface area contributed by atoms with Crippen LogP contribution in [0.2, 0.25) is 0 Å². The molecule has 3 aliphatic heterocycles. The number of rotatable bonds is 2. The zero-order chi connectivity index (χ0) is 10.3.